The average Bonchev–Trinajstić information content (AvgIpc) is 3.22. The topological polar surface area (TPSA) is 73.1 Å². The number of carbonyl (C=O) groups excluding carboxylic acids is 1. The Morgan fingerprint density at radius 2 is 2.11 bits per heavy atom. The van der Waals surface area contributed by atoms with Gasteiger partial charge < -0.3 is 9.64 Å². The summed E-state index contributed by atoms with van der Waals surface area (Å²) in [5, 5.41) is 4.23. The maximum absolute atomic E-state index is 13.2. The predicted molar refractivity (Wildman–Crippen MR) is 102 cm³/mol. The molecule has 0 fully saturated rings. The van der Waals surface area contributed by atoms with E-state index in [4.69, 9.17) is 4.74 Å². The zero-order chi connectivity index (χ0) is 19.2. The zero-order valence-corrected chi connectivity index (χ0v) is 15.7. The second-order valence-corrected chi connectivity index (χ2v) is 6.27. The molecule has 0 saturated heterocycles. The third-order valence-corrected chi connectivity index (χ3v) is 4.27. The van der Waals surface area contributed by atoms with Gasteiger partial charge in [0.2, 0.25) is 5.88 Å². The molecule has 0 bridgehead atoms. The summed E-state index contributed by atoms with van der Waals surface area (Å²) in [6.45, 7) is 6.79. The first-order valence-electron chi connectivity index (χ1n) is 8.90. The van der Waals surface area contributed by atoms with Crippen molar-refractivity contribution in [3.63, 3.8) is 0 Å². The number of carbonyl (C=O) groups is 1. The van der Waals surface area contributed by atoms with Gasteiger partial charge in [-0.1, -0.05) is 6.07 Å². The summed E-state index contributed by atoms with van der Waals surface area (Å²) in [5.41, 5.74) is 2.28. The summed E-state index contributed by atoms with van der Waals surface area (Å²) in [4.78, 5) is 23.3. The lowest BCUT2D eigenvalue weighted by Gasteiger charge is -2.28. The summed E-state index contributed by atoms with van der Waals surface area (Å²) in [6.07, 6.45) is 8.47. The standard InChI is InChI=1S/C20H23N5O2/c1-4-24(16(3)14-27-19-7-6-15(2)12-22-19)20(26)17-13-21-10-8-18(17)25-11-5-9-23-25/h5-13,16H,4,14H2,1-3H3/t16-/m0/s1. The van der Waals surface area contributed by atoms with E-state index in [0.29, 0.717) is 30.3 Å². The van der Waals surface area contributed by atoms with Crippen LogP contribution in [0.15, 0.2) is 55.2 Å². The molecule has 1 amide bonds. The molecule has 3 rings (SSSR count). The van der Waals surface area contributed by atoms with Crippen molar-refractivity contribution in [3.05, 3.63) is 66.4 Å². The van der Waals surface area contributed by atoms with Crippen LogP contribution < -0.4 is 4.74 Å². The lowest BCUT2D eigenvalue weighted by atomic mass is 10.1. The first-order chi connectivity index (χ1) is 13.1. The number of pyridine rings is 2. The molecule has 140 valence electrons. The van der Waals surface area contributed by atoms with Gasteiger partial charge in [0.25, 0.3) is 5.91 Å². The van der Waals surface area contributed by atoms with E-state index in [2.05, 4.69) is 15.1 Å². The molecule has 0 spiro atoms. The Hall–Kier alpha value is -3.22. The van der Waals surface area contributed by atoms with Crippen molar-refractivity contribution in [2.75, 3.05) is 13.2 Å². The van der Waals surface area contributed by atoms with Crippen molar-refractivity contribution in [1.82, 2.24) is 24.6 Å². The van der Waals surface area contributed by atoms with E-state index >= 15 is 0 Å². The van der Waals surface area contributed by atoms with Crippen LogP contribution in [-0.4, -0.2) is 49.7 Å². The number of rotatable bonds is 7. The van der Waals surface area contributed by atoms with Crippen LogP contribution in [0.2, 0.25) is 0 Å². The molecule has 3 heterocycles. The Balaban J connectivity index is 1.75. The molecule has 3 aromatic heterocycles. The molecule has 0 saturated carbocycles. The molecule has 0 aliphatic rings. The van der Waals surface area contributed by atoms with Crippen molar-refractivity contribution >= 4 is 5.91 Å². The van der Waals surface area contributed by atoms with E-state index in [1.807, 2.05) is 39.0 Å². The molecule has 3 aromatic rings. The highest BCUT2D eigenvalue weighted by Gasteiger charge is 2.24. The number of aromatic nitrogens is 4. The molecule has 0 aliphatic heterocycles. The quantitative estimate of drug-likeness (QED) is 0.644. The number of aryl methyl sites for hydroxylation is 1. The number of hydrogen-bond donors (Lipinski definition) is 0. The monoisotopic (exact) mass is 365 g/mol. The predicted octanol–water partition coefficient (Wildman–Crippen LogP) is 2.90. The van der Waals surface area contributed by atoms with Crippen molar-refractivity contribution in [2.24, 2.45) is 0 Å². The van der Waals surface area contributed by atoms with Gasteiger partial charge in [-0.2, -0.15) is 5.10 Å². The minimum Gasteiger partial charge on any atom is -0.475 e. The minimum absolute atomic E-state index is 0.107. The fourth-order valence-corrected chi connectivity index (χ4v) is 2.81. The van der Waals surface area contributed by atoms with Crippen LogP contribution in [0.4, 0.5) is 0 Å². The maximum atomic E-state index is 13.2. The Morgan fingerprint density at radius 1 is 1.26 bits per heavy atom. The molecule has 0 N–H and O–H groups in total. The number of amides is 1. The molecule has 0 aliphatic carbocycles. The SMILES string of the molecule is CCN(C(=O)c1cnccc1-n1cccn1)[C@@H](C)COc1ccc(C)cn1. The lowest BCUT2D eigenvalue weighted by molar-refractivity contribution is 0.0646. The largest absolute Gasteiger partial charge is 0.475 e. The fourth-order valence-electron chi connectivity index (χ4n) is 2.81. The van der Waals surface area contributed by atoms with Crippen molar-refractivity contribution < 1.29 is 9.53 Å². The minimum atomic E-state index is -0.128. The van der Waals surface area contributed by atoms with Crippen LogP contribution >= 0.6 is 0 Å². The van der Waals surface area contributed by atoms with E-state index in [1.54, 1.807) is 46.6 Å². The van der Waals surface area contributed by atoms with Gasteiger partial charge in [-0.3, -0.25) is 9.78 Å². The number of nitrogens with zero attached hydrogens (tertiary/aromatic N) is 5. The Labute approximate surface area is 158 Å². The molecule has 7 heteroatoms. The van der Waals surface area contributed by atoms with Gasteiger partial charge >= 0.3 is 0 Å². The molecule has 0 aromatic carbocycles. The highest BCUT2D eigenvalue weighted by molar-refractivity contribution is 5.97. The summed E-state index contributed by atoms with van der Waals surface area (Å²) in [7, 11) is 0. The van der Waals surface area contributed by atoms with Gasteiger partial charge in [0.15, 0.2) is 0 Å². The van der Waals surface area contributed by atoms with Gasteiger partial charge in [-0.25, -0.2) is 9.67 Å². The van der Waals surface area contributed by atoms with E-state index < -0.39 is 0 Å². The first-order valence-corrected chi connectivity index (χ1v) is 8.90. The van der Waals surface area contributed by atoms with Gasteiger partial charge in [0, 0.05) is 43.6 Å². The lowest BCUT2D eigenvalue weighted by Crippen LogP contribution is -2.42. The van der Waals surface area contributed by atoms with Crippen LogP contribution in [0.25, 0.3) is 5.69 Å². The van der Waals surface area contributed by atoms with Gasteiger partial charge in [0.1, 0.15) is 6.61 Å². The fraction of sp³-hybridized carbons (Fsp3) is 0.300. The number of likely N-dealkylation sites (N-methyl/N-ethyl adjacent to an activating group) is 1. The summed E-state index contributed by atoms with van der Waals surface area (Å²) < 4.78 is 7.42. The smallest absolute Gasteiger partial charge is 0.257 e. The normalized spacial score (nSPS) is 11.8. The van der Waals surface area contributed by atoms with Crippen LogP contribution in [0.1, 0.15) is 29.8 Å². The molecule has 0 radical (unpaired) electrons. The second-order valence-electron chi connectivity index (χ2n) is 6.27. The molecule has 27 heavy (non-hydrogen) atoms. The van der Waals surface area contributed by atoms with Gasteiger partial charge in [-0.05, 0) is 38.5 Å². The van der Waals surface area contributed by atoms with E-state index in [1.165, 1.54) is 0 Å². The third kappa shape index (κ3) is 4.31. The Bertz CT molecular complexity index is 878. The molecule has 1 atom stereocenters. The first kappa shape index (κ1) is 18.6. The van der Waals surface area contributed by atoms with Gasteiger partial charge in [0.05, 0.1) is 17.3 Å². The van der Waals surface area contributed by atoms with Crippen molar-refractivity contribution in [2.45, 2.75) is 26.8 Å². The van der Waals surface area contributed by atoms with Crippen molar-refractivity contribution in [3.8, 4) is 11.6 Å². The van der Waals surface area contributed by atoms with Gasteiger partial charge in [-0.15, -0.1) is 0 Å². The van der Waals surface area contributed by atoms with E-state index in [-0.39, 0.29) is 11.9 Å². The van der Waals surface area contributed by atoms with Crippen LogP contribution in [0.3, 0.4) is 0 Å². The highest BCUT2D eigenvalue weighted by Crippen LogP contribution is 2.17. The summed E-state index contributed by atoms with van der Waals surface area (Å²) >= 11 is 0. The van der Waals surface area contributed by atoms with Crippen molar-refractivity contribution in [1.29, 1.82) is 0 Å². The van der Waals surface area contributed by atoms with E-state index in [0.717, 1.165) is 5.56 Å². The van der Waals surface area contributed by atoms with Crippen LogP contribution in [-0.2, 0) is 0 Å². The number of ether oxygens (including phenoxy) is 1. The maximum Gasteiger partial charge on any atom is 0.257 e. The average molecular weight is 365 g/mol. The summed E-state index contributed by atoms with van der Waals surface area (Å²) in [6, 6.07) is 7.25. The Kier molecular flexibility index (Phi) is 5.80. The van der Waals surface area contributed by atoms with E-state index in [9.17, 15) is 4.79 Å². The van der Waals surface area contributed by atoms with Crippen LogP contribution in [0, 0.1) is 6.92 Å². The molecule has 0 unspecified atom stereocenters. The summed E-state index contributed by atoms with van der Waals surface area (Å²) in [5.74, 6) is 0.443. The third-order valence-electron chi connectivity index (χ3n) is 4.27. The zero-order valence-electron chi connectivity index (χ0n) is 15.7. The van der Waals surface area contributed by atoms with Crippen LogP contribution in [0.5, 0.6) is 5.88 Å². The molecular weight excluding hydrogens is 342 g/mol. The highest BCUT2D eigenvalue weighted by atomic mass is 16.5. The Morgan fingerprint density at radius 3 is 2.78 bits per heavy atom. The molecular formula is C20H23N5O2. The molecule has 7 nitrogen and oxygen atoms in total. The number of hydrogen-bond acceptors (Lipinski definition) is 5. The second kappa shape index (κ2) is 8.44.